The van der Waals surface area contributed by atoms with E-state index in [1.54, 1.807) is 0 Å². The van der Waals surface area contributed by atoms with Crippen LogP contribution in [0.1, 0.15) is 114 Å². The number of benzene rings is 1. The molecule has 3 rings (SSSR count). The summed E-state index contributed by atoms with van der Waals surface area (Å²) in [7, 11) is 0. The third-order valence-corrected chi connectivity index (χ3v) is 7.35. The van der Waals surface area contributed by atoms with Gasteiger partial charge in [-0.05, 0) is 47.8 Å². The Morgan fingerprint density at radius 2 is 1.46 bits per heavy atom. The summed E-state index contributed by atoms with van der Waals surface area (Å²) >= 11 is 0. The molecule has 0 spiro atoms. The Morgan fingerprint density at radius 3 is 2.21 bits per heavy atom. The first kappa shape index (κ1) is 21.6. The van der Waals surface area contributed by atoms with Gasteiger partial charge < -0.3 is 0 Å². The maximum Gasteiger partial charge on any atom is 0.137 e. The summed E-state index contributed by atoms with van der Waals surface area (Å²) in [4.78, 5) is 11.6. The summed E-state index contributed by atoms with van der Waals surface area (Å²) in [6.45, 7) is 2.30. The van der Waals surface area contributed by atoms with E-state index in [-0.39, 0.29) is 0 Å². The Balaban J connectivity index is 1.28. The van der Waals surface area contributed by atoms with Gasteiger partial charge in [0.25, 0.3) is 0 Å². The fourth-order valence-electron chi connectivity index (χ4n) is 5.38. The number of ketones is 1. The van der Waals surface area contributed by atoms with E-state index in [1.165, 1.54) is 107 Å². The normalized spacial score (nSPS) is 22.2. The molecule has 0 bridgehead atoms. The minimum Gasteiger partial charge on any atom is -0.299 e. The van der Waals surface area contributed by atoms with Crippen molar-refractivity contribution in [2.24, 2.45) is 11.8 Å². The fraction of sp³-hybridized carbons (Fsp3) is 0.741. The van der Waals surface area contributed by atoms with E-state index in [0.29, 0.717) is 12.2 Å². The van der Waals surface area contributed by atoms with Crippen molar-refractivity contribution >= 4 is 5.78 Å². The second kappa shape index (κ2) is 11.8. The lowest BCUT2D eigenvalue weighted by molar-refractivity contribution is -0.118. The van der Waals surface area contributed by atoms with Gasteiger partial charge in [-0.2, -0.15) is 0 Å². The molecule has 1 nitrogen and oxygen atoms in total. The van der Waals surface area contributed by atoms with Crippen molar-refractivity contribution in [1.82, 2.24) is 0 Å². The molecule has 0 radical (unpaired) electrons. The van der Waals surface area contributed by atoms with Gasteiger partial charge in [0.1, 0.15) is 5.78 Å². The minimum atomic E-state index is 0.411. The van der Waals surface area contributed by atoms with Gasteiger partial charge in [0.2, 0.25) is 0 Å². The second-order valence-electron chi connectivity index (χ2n) is 9.65. The van der Waals surface area contributed by atoms with E-state index >= 15 is 0 Å². The van der Waals surface area contributed by atoms with Crippen LogP contribution in [0.4, 0.5) is 0 Å². The number of rotatable bonds is 11. The Labute approximate surface area is 173 Å². The first-order chi connectivity index (χ1) is 13.7. The van der Waals surface area contributed by atoms with Gasteiger partial charge in [0.05, 0.1) is 0 Å². The molecule has 0 saturated heterocycles. The van der Waals surface area contributed by atoms with Crippen LogP contribution >= 0.6 is 0 Å². The van der Waals surface area contributed by atoms with Crippen molar-refractivity contribution in [2.75, 3.05) is 0 Å². The fourth-order valence-corrected chi connectivity index (χ4v) is 5.38. The maximum absolute atomic E-state index is 11.6. The van der Waals surface area contributed by atoms with Crippen LogP contribution in [-0.4, -0.2) is 5.78 Å². The highest BCUT2D eigenvalue weighted by Crippen LogP contribution is 2.34. The third-order valence-electron chi connectivity index (χ3n) is 7.35. The second-order valence-corrected chi connectivity index (χ2v) is 9.65. The van der Waals surface area contributed by atoms with E-state index in [4.69, 9.17) is 0 Å². The number of carbonyl (C=O) groups excluding carboxylic acids is 1. The lowest BCUT2D eigenvalue weighted by atomic mass is 9.77. The van der Waals surface area contributed by atoms with Gasteiger partial charge in [0.15, 0.2) is 0 Å². The number of carbonyl (C=O) groups is 1. The molecule has 0 atom stereocenters. The quantitative estimate of drug-likeness (QED) is 0.360. The average molecular weight is 383 g/mol. The van der Waals surface area contributed by atoms with Crippen LogP contribution in [0.25, 0.3) is 0 Å². The number of Topliss-reactive ketones (excluding diaryl/α,β-unsaturated/α-hetero) is 1. The molecule has 0 unspecified atom stereocenters. The molecule has 0 aromatic heterocycles. The van der Waals surface area contributed by atoms with E-state index in [9.17, 15) is 4.79 Å². The Kier molecular flexibility index (Phi) is 9.09. The van der Waals surface area contributed by atoms with E-state index in [2.05, 4.69) is 25.1 Å². The Bertz CT molecular complexity index is 594. The number of hydrogen-bond acceptors (Lipinski definition) is 1. The molecule has 2 aliphatic rings. The van der Waals surface area contributed by atoms with E-state index in [1.807, 2.05) is 0 Å². The highest BCUT2D eigenvalue weighted by atomic mass is 16.1. The number of unbranched alkanes of at least 4 members (excludes halogenated alkanes) is 6. The molecule has 1 heteroatoms. The zero-order valence-corrected chi connectivity index (χ0v) is 18.3. The summed E-state index contributed by atoms with van der Waals surface area (Å²) in [6.07, 6.45) is 22.4. The third kappa shape index (κ3) is 7.05. The largest absolute Gasteiger partial charge is 0.299 e. The molecule has 0 amide bonds. The van der Waals surface area contributed by atoms with Crippen molar-refractivity contribution in [3.63, 3.8) is 0 Å². The van der Waals surface area contributed by atoms with Crippen LogP contribution in [0.5, 0.6) is 0 Å². The molecule has 28 heavy (non-hydrogen) atoms. The van der Waals surface area contributed by atoms with Crippen LogP contribution in [0.15, 0.2) is 18.2 Å². The molecule has 1 fully saturated rings. The first-order valence-corrected chi connectivity index (χ1v) is 12.4. The zero-order chi connectivity index (χ0) is 19.6. The van der Waals surface area contributed by atoms with Crippen molar-refractivity contribution in [2.45, 2.75) is 116 Å². The van der Waals surface area contributed by atoms with Crippen molar-refractivity contribution in [3.8, 4) is 0 Å². The Morgan fingerprint density at radius 1 is 0.786 bits per heavy atom. The van der Waals surface area contributed by atoms with Gasteiger partial charge in [-0.3, -0.25) is 4.79 Å². The van der Waals surface area contributed by atoms with E-state index in [0.717, 1.165) is 24.7 Å². The summed E-state index contributed by atoms with van der Waals surface area (Å²) < 4.78 is 0. The molecule has 1 aromatic carbocycles. The monoisotopic (exact) mass is 382 g/mol. The predicted octanol–water partition coefficient (Wildman–Crippen LogP) is 7.62. The summed E-state index contributed by atoms with van der Waals surface area (Å²) in [5.41, 5.74) is 4.22. The van der Waals surface area contributed by atoms with Gasteiger partial charge in [0, 0.05) is 12.8 Å². The topological polar surface area (TPSA) is 17.1 Å². The summed E-state index contributed by atoms with van der Waals surface area (Å²) in [5.74, 6) is 2.38. The van der Waals surface area contributed by atoms with Crippen LogP contribution in [-0.2, 0) is 24.1 Å². The molecule has 2 aliphatic carbocycles. The average Bonchev–Trinajstić information content (AvgIpc) is 2.72. The highest BCUT2D eigenvalue weighted by Gasteiger charge is 2.21. The molecular weight excluding hydrogens is 340 g/mol. The van der Waals surface area contributed by atoms with Gasteiger partial charge in [-0.1, -0.05) is 102 Å². The SMILES string of the molecule is CCCCCCCCCC1CCC(CCc2ccc3c(c2)CCC(=O)C3)CC1. The summed E-state index contributed by atoms with van der Waals surface area (Å²) in [6, 6.07) is 6.90. The van der Waals surface area contributed by atoms with Gasteiger partial charge in [-0.25, -0.2) is 0 Å². The molecule has 0 heterocycles. The maximum atomic E-state index is 11.6. The number of aryl methyl sites for hydroxylation is 2. The van der Waals surface area contributed by atoms with Crippen LogP contribution in [0.3, 0.4) is 0 Å². The number of hydrogen-bond donors (Lipinski definition) is 0. The zero-order valence-electron chi connectivity index (χ0n) is 18.3. The summed E-state index contributed by atoms with van der Waals surface area (Å²) in [5, 5.41) is 0. The molecule has 1 saturated carbocycles. The molecule has 156 valence electrons. The Hall–Kier alpha value is -1.11. The lowest BCUT2D eigenvalue weighted by Gasteiger charge is -2.28. The van der Waals surface area contributed by atoms with Crippen molar-refractivity contribution < 1.29 is 4.79 Å². The van der Waals surface area contributed by atoms with Crippen molar-refractivity contribution in [3.05, 3.63) is 34.9 Å². The predicted molar refractivity (Wildman–Crippen MR) is 120 cm³/mol. The molecular formula is C27H42O. The van der Waals surface area contributed by atoms with Gasteiger partial charge >= 0.3 is 0 Å². The minimum absolute atomic E-state index is 0.411. The van der Waals surface area contributed by atoms with Crippen LogP contribution in [0.2, 0.25) is 0 Å². The molecule has 0 N–H and O–H groups in total. The smallest absolute Gasteiger partial charge is 0.137 e. The number of fused-ring (bicyclic) bond motifs is 1. The van der Waals surface area contributed by atoms with E-state index < -0.39 is 0 Å². The lowest BCUT2D eigenvalue weighted by Crippen LogP contribution is -2.16. The standard InChI is InChI=1S/C27H42O/c1-2-3-4-5-6-7-8-9-22-10-12-23(13-11-22)14-15-24-16-17-26-21-27(28)19-18-25(26)20-24/h16-17,20,22-23H,2-15,18-19,21H2,1H3. The molecule has 0 aliphatic heterocycles. The molecule has 1 aromatic rings. The van der Waals surface area contributed by atoms with Crippen LogP contribution in [0, 0.1) is 11.8 Å². The highest BCUT2D eigenvalue weighted by molar-refractivity contribution is 5.83. The first-order valence-electron chi connectivity index (χ1n) is 12.4. The van der Waals surface area contributed by atoms with Gasteiger partial charge in [-0.15, -0.1) is 0 Å². The van der Waals surface area contributed by atoms with Crippen LogP contribution < -0.4 is 0 Å². The van der Waals surface area contributed by atoms with Crippen molar-refractivity contribution in [1.29, 1.82) is 0 Å².